The molecule has 4 rings (SSSR count). The second kappa shape index (κ2) is 11.4. The second-order valence-corrected chi connectivity index (χ2v) is 10.7. The van der Waals surface area contributed by atoms with E-state index < -0.39 is 6.10 Å². The van der Waals surface area contributed by atoms with E-state index in [2.05, 4.69) is 4.98 Å². The van der Waals surface area contributed by atoms with Gasteiger partial charge in [0.25, 0.3) is 5.56 Å². The van der Waals surface area contributed by atoms with Crippen LogP contribution in [0.5, 0.6) is 11.5 Å². The normalized spacial score (nSPS) is 12.9. The number of methoxy groups -OCH3 is 1. The lowest BCUT2D eigenvalue weighted by atomic mass is 9.98. The zero-order valence-electron chi connectivity index (χ0n) is 21.4. The highest BCUT2D eigenvalue weighted by atomic mass is 35.5. The number of halogens is 1. The Balaban J connectivity index is 1.54. The average molecular weight is 541 g/mol. The molecule has 9 heteroatoms. The third-order valence-corrected chi connectivity index (χ3v) is 7.57. The molecule has 1 unspecified atom stereocenters. The first-order chi connectivity index (χ1) is 17.7. The summed E-state index contributed by atoms with van der Waals surface area (Å²) in [7, 11) is 1.53. The molecule has 0 saturated heterocycles. The molecule has 0 fully saturated rings. The third kappa shape index (κ3) is 5.97. The van der Waals surface area contributed by atoms with Crippen LogP contribution in [-0.4, -0.2) is 35.3 Å². The Morgan fingerprint density at radius 3 is 2.46 bits per heavy atom. The topological polar surface area (TPSA) is 79.7 Å². The lowest BCUT2D eigenvalue weighted by Crippen LogP contribution is -2.27. The molecule has 7 nitrogen and oxygen atoms in total. The van der Waals surface area contributed by atoms with Crippen LogP contribution in [0.1, 0.15) is 27.7 Å². The fraction of sp³-hybridized carbons (Fsp3) is 0.321. The zero-order chi connectivity index (χ0) is 26.7. The molecule has 0 bridgehead atoms. The van der Waals surface area contributed by atoms with Crippen LogP contribution in [0.25, 0.3) is 26.3 Å². The number of ether oxygens (including phenoxy) is 3. The first-order valence-electron chi connectivity index (χ1n) is 12.0. The van der Waals surface area contributed by atoms with Crippen molar-refractivity contribution >= 4 is 39.1 Å². The van der Waals surface area contributed by atoms with Crippen LogP contribution in [0, 0.1) is 11.8 Å². The zero-order valence-corrected chi connectivity index (χ0v) is 22.9. The van der Waals surface area contributed by atoms with Crippen LogP contribution >= 0.6 is 22.9 Å². The van der Waals surface area contributed by atoms with Gasteiger partial charge in [0.1, 0.15) is 23.7 Å². The Labute approximate surface area is 224 Å². The van der Waals surface area contributed by atoms with E-state index in [-0.39, 0.29) is 30.0 Å². The fourth-order valence-corrected chi connectivity index (χ4v) is 4.77. The van der Waals surface area contributed by atoms with Crippen LogP contribution in [0.3, 0.4) is 0 Å². The van der Waals surface area contributed by atoms with Gasteiger partial charge in [-0.3, -0.25) is 14.2 Å². The van der Waals surface area contributed by atoms with Crippen molar-refractivity contribution in [3.05, 3.63) is 70.2 Å². The van der Waals surface area contributed by atoms with Crippen LogP contribution in [-0.2, 0) is 9.53 Å². The number of aromatic nitrogens is 2. The molecule has 37 heavy (non-hydrogen) atoms. The number of carbonyl (C=O) groups is 1. The number of hydrogen-bond donors (Lipinski definition) is 0. The summed E-state index contributed by atoms with van der Waals surface area (Å²) < 4.78 is 18.9. The van der Waals surface area contributed by atoms with E-state index >= 15 is 0 Å². The van der Waals surface area contributed by atoms with Crippen LogP contribution in [0.2, 0.25) is 5.02 Å². The van der Waals surface area contributed by atoms with E-state index in [0.717, 1.165) is 10.4 Å². The molecule has 2 heterocycles. The number of carbonyl (C=O) groups excluding carboxylic acids is 1. The predicted octanol–water partition coefficient (Wildman–Crippen LogP) is 6.38. The van der Waals surface area contributed by atoms with E-state index in [9.17, 15) is 9.59 Å². The maximum atomic E-state index is 13.3. The maximum absolute atomic E-state index is 13.3. The minimum atomic E-state index is -0.430. The van der Waals surface area contributed by atoms with Gasteiger partial charge in [0.05, 0.1) is 24.2 Å². The lowest BCUT2D eigenvalue weighted by Gasteiger charge is -2.20. The van der Waals surface area contributed by atoms with Crippen molar-refractivity contribution in [3.8, 4) is 27.6 Å². The number of nitrogens with zero attached hydrogens (tertiary/aromatic N) is 2. The van der Waals surface area contributed by atoms with Crippen molar-refractivity contribution in [1.82, 2.24) is 9.55 Å². The first-order valence-corrected chi connectivity index (χ1v) is 13.2. The van der Waals surface area contributed by atoms with Gasteiger partial charge in [-0.25, -0.2) is 4.98 Å². The summed E-state index contributed by atoms with van der Waals surface area (Å²) in [5.74, 6) is 0.694. The van der Waals surface area contributed by atoms with Gasteiger partial charge in [-0.2, -0.15) is 0 Å². The Morgan fingerprint density at radius 1 is 1.05 bits per heavy atom. The van der Waals surface area contributed by atoms with Gasteiger partial charge < -0.3 is 14.2 Å². The number of rotatable bonds is 9. The molecule has 0 N–H and O–H groups in total. The van der Waals surface area contributed by atoms with Crippen LogP contribution in [0.15, 0.2) is 59.7 Å². The number of benzene rings is 2. The molecule has 0 aliphatic carbocycles. The quantitative estimate of drug-likeness (QED) is 0.229. The summed E-state index contributed by atoms with van der Waals surface area (Å²) >= 11 is 7.39. The molecule has 2 atom stereocenters. The second-order valence-electron chi connectivity index (χ2n) is 9.18. The van der Waals surface area contributed by atoms with Crippen LogP contribution in [0.4, 0.5) is 0 Å². The van der Waals surface area contributed by atoms with E-state index in [4.69, 9.17) is 25.8 Å². The molecule has 0 saturated carbocycles. The molecule has 2 aromatic carbocycles. The SMILES string of the molecule is COc1cc(-n2cnc3cc(-c4ccc(Cl)cc4)sc3c2=O)ccc1OCC(C)OC(=O)[C@H](C)C(C)C. The van der Waals surface area contributed by atoms with Crippen molar-refractivity contribution in [2.24, 2.45) is 11.8 Å². The van der Waals surface area contributed by atoms with Crippen molar-refractivity contribution in [1.29, 1.82) is 0 Å². The van der Waals surface area contributed by atoms with E-state index in [1.807, 2.05) is 51.1 Å². The fourth-order valence-electron chi connectivity index (χ4n) is 3.60. The van der Waals surface area contributed by atoms with Crippen molar-refractivity contribution < 1.29 is 19.0 Å². The van der Waals surface area contributed by atoms with Crippen molar-refractivity contribution in [2.45, 2.75) is 33.8 Å². The van der Waals surface area contributed by atoms with E-state index in [1.54, 1.807) is 25.1 Å². The number of esters is 1. The number of hydrogen-bond acceptors (Lipinski definition) is 7. The highest BCUT2D eigenvalue weighted by molar-refractivity contribution is 7.22. The van der Waals surface area contributed by atoms with Gasteiger partial charge in [0.2, 0.25) is 0 Å². The average Bonchev–Trinajstić information content (AvgIpc) is 3.33. The maximum Gasteiger partial charge on any atom is 0.309 e. The molecule has 0 aliphatic heterocycles. The molecule has 0 aliphatic rings. The third-order valence-electron chi connectivity index (χ3n) is 6.15. The Hall–Kier alpha value is -3.36. The highest BCUT2D eigenvalue weighted by Crippen LogP contribution is 2.33. The Morgan fingerprint density at radius 2 is 1.78 bits per heavy atom. The first kappa shape index (κ1) is 26.7. The summed E-state index contributed by atoms with van der Waals surface area (Å²) in [6, 6.07) is 14.6. The summed E-state index contributed by atoms with van der Waals surface area (Å²) in [5, 5.41) is 0.655. The van der Waals surface area contributed by atoms with E-state index in [0.29, 0.717) is 32.4 Å². The summed E-state index contributed by atoms with van der Waals surface area (Å²) in [6.45, 7) is 7.77. The monoisotopic (exact) mass is 540 g/mol. The molecule has 194 valence electrons. The molecule has 2 aromatic heterocycles. The molecule has 4 aromatic rings. The smallest absolute Gasteiger partial charge is 0.309 e. The van der Waals surface area contributed by atoms with Crippen molar-refractivity contribution in [2.75, 3.05) is 13.7 Å². The van der Waals surface area contributed by atoms with Gasteiger partial charge in [-0.05, 0) is 48.7 Å². The minimum Gasteiger partial charge on any atom is -0.493 e. The van der Waals surface area contributed by atoms with Gasteiger partial charge in [0.15, 0.2) is 11.5 Å². The Bertz CT molecular complexity index is 1460. The molecule has 0 amide bonds. The standard InChI is InChI=1S/C28H29ClN2O5S/c1-16(2)18(4)28(33)36-17(3)14-35-23-11-10-21(12-24(23)34-5)31-15-30-22-13-25(37-26(22)27(31)32)19-6-8-20(29)9-7-19/h6-13,15-18H,14H2,1-5H3/t17?,18-/m1/s1. The van der Waals surface area contributed by atoms with Gasteiger partial charge in [0, 0.05) is 16.0 Å². The lowest BCUT2D eigenvalue weighted by molar-refractivity contribution is -0.155. The molecule has 0 radical (unpaired) electrons. The van der Waals surface area contributed by atoms with Crippen molar-refractivity contribution in [3.63, 3.8) is 0 Å². The predicted molar refractivity (Wildman–Crippen MR) is 147 cm³/mol. The number of thiophene rings is 1. The van der Waals surface area contributed by atoms with Gasteiger partial charge >= 0.3 is 5.97 Å². The largest absolute Gasteiger partial charge is 0.493 e. The van der Waals surface area contributed by atoms with Gasteiger partial charge in [-0.15, -0.1) is 11.3 Å². The molecular weight excluding hydrogens is 512 g/mol. The summed E-state index contributed by atoms with van der Waals surface area (Å²) in [4.78, 5) is 31.0. The van der Waals surface area contributed by atoms with Crippen LogP contribution < -0.4 is 15.0 Å². The Kier molecular flexibility index (Phi) is 8.19. The number of fused-ring (bicyclic) bond motifs is 1. The highest BCUT2D eigenvalue weighted by Gasteiger charge is 2.21. The summed E-state index contributed by atoms with van der Waals surface area (Å²) in [5.41, 5.74) is 2.03. The summed E-state index contributed by atoms with van der Waals surface area (Å²) in [6.07, 6.45) is 1.08. The van der Waals surface area contributed by atoms with E-state index in [1.165, 1.54) is 29.3 Å². The molecular formula is C28H29ClN2O5S. The minimum absolute atomic E-state index is 0.169. The molecule has 0 spiro atoms. The van der Waals surface area contributed by atoms with Gasteiger partial charge in [-0.1, -0.05) is 44.5 Å².